The van der Waals surface area contributed by atoms with Gasteiger partial charge in [-0.2, -0.15) is 4.31 Å². The molecule has 146 valence electrons. The van der Waals surface area contributed by atoms with Crippen LogP contribution in [0, 0.1) is 0 Å². The Bertz CT molecular complexity index is 891. The molecule has 1 aliphatic rings. The largest absolute Gasteiger partial charge is 0.325 e. The van der Waals surface area contributed by atoms with Gasteiger partial charge in [-0.15, -0.1) is 11.3 Å². The highest BCUT2D eigenvalue weighted by molar-refractivity contribution is 7.89. The number of sulfonamides is 1. The summed E-state index contributed by atoms with van der Waals surface area (Å²) in [5.74, 6) is -0.157. The second kappa shape index (κ2) is 8.70. The first-order valence-electron chi connectivity index (χ1n) is 8.67. The summed E-state index contributed by atoms with van der Waals surface area (Å²) in [5, 5.41) is 2.80. The Morgan fingerprint density at radius 3 is 2.44 bits per heavy atom. The van der Waals surface area contributed by atoms with Crippen LogP contribution in [-0.2, 0) is 21.4 Å². The average Bonchev–Trinajstić information content (AvgIpc) is 3.27. The summed E-state index contributed by atoms with van der Waals surface area (Å²) >= 11 is 7.41. The molecule has 0 aliphatic carbocycles. The van der Waals surface area contributed by atoms with Gasteiger partial charge >= 0.3 is 0 Å². The highest BCUT2D eigenvalue weighted by Crippen LogP contribution is 2.23. The van der Waals surface area contributed by atoms with Crippen molar-refractivity contribution in [3.63, 3.8) is 0 Å². The summed E-state index contributed by atoms with van der Waals surface area (Å²) in [7, 11) is -1.57. The molecule has 0 spiro atoms. The molecule has 1 saturated heterocycles. The first-order valence-corrected chi connectivity index (χ1v) is 11.3. The molecule has 1 fully saturated rings. The van der Waals surface area contributed by atoms with E-state index in [1.165, 1.54) is 15.6 Å². The lowest BCUT2D eigenvalue weighted by Gasteiger charge is -2.17. The Morgan fingerprint density at radius 1 is 1.19 bits per heavy atom. The zero-order chi connectivity index (χ0) is 19.4. The Kier molecular flexibility index (Phi) is 6.54. The van der Waals surface area contributed by atoms with Crippen molar-refractivity contribution in [2.75, 3.05) is 32.0 Å². The van der Waals surface area contributed by atoms with Crippen molar-refractivity contribution < 1.29 is 13.2 Å². The van der Waals surface area contributed by atoms with E-state index in [2.05, 4.69) is 5.32 Å². The predicted molar refractivity (Wildman–Crippen MR) is 109 cm³/mol. The van der Waals surface area contributed by atoms with E-state index >= 15 is 0 Å². The summed E-state index contributed by atoms with van der Waals surface area (Å²) in [6.45, 7) is 2.01. The number of hydrogen-bond acceptors (Lipinski definition) is 5. The number of likely N-dealkylation sites (N-methyl/N-ethyl adjacent to an activating group) is 1. The number of amides is 1. The highest BCUT2D eigenvalue weighted by atomic mass is 35.5. The number of nitrogens with zero attached hydrogens (tertiary/aromatic N) is 2. The van der Waals surface area contributed by atoms with Crippen molar-refractivity contribution in [1.82, 2.24) is 9.21 Å². The van der Waals surface area contributed by atoms with Crippen LogP contribution in [0.25, 0.3) is 0 Å². The van der Waals surface area contributed by atoms with Crippen LogP contribution in [0.1, 0.15) is 17.7 Å². The van der Waals surface area contributed by atoms with Gasteiger partial charge in [0.25, 0.3) is 0 Å². The number of rotatable bonds is 7. The van der Waals surface area contributed by atoms with Gasteiger partial charge in [-0.25, -0.2) is 8.42 Å². The Morgan fingerprint density at radius 2 is 1.85 bits per heavy atom. The normalized spacial score (nSPS) is 15.4. The molecule has 1 aromatic heterocycles. The molecular weight excluding hydrogens is 406 g/mol. The van der Waals surface area contributed by atoms with Crippen molar-refractivity contribution in [2.45, 2.75) is 24.3 Å². The van der Waals surface area contributed by atoms with Crippen LogP contribution in [-0.4, -0.2) is 50.2 Å². The average molecular weight is 428 g/mol. The van der Waals surface area contributed by atoms with Gasteiger partial charge in [0.1, 0.15) is 0 Å². The second-order valence-corrected chi connectivity index (χ2v) is 10.3. The minimum atomic E-state index is -3.43. The summed E-state index contributed by atoms with van der Waals surface area (Å²) in [5.41, 5.74) is 0.577. The molecule has 0 saturated carbocycles. The number of anilines is 1. The molecule has 27 heavy (non-hydrogen) atoms. The van der Waals surface area contributed by atoms with Gasteiger partial charge in [0, 0.05) is 30.2 Å². The number of thiophene rings is 1. The summed E-state index contributed by atoms with van der Waals surface area (Å²) in [4.78, 5) is 15.4. The molecule has 2 heterocycles. The zero-order valence-electron chi connectivity index (χ0n) is 15.0. The molecule has 1 aromatic carbocycles. The number of carbonyl (C=O) groups is 1. The number of nitrogens with one attached hydrogen (secondary N) is 1. The van der Waals surface area contributed by atoms with Crippen LogP contribution in [0.2, 0.25) is 4.34 Å². The smallest absolute Gasteiger partial charge is 0.243 e. The molecule has 0 atom stereocenters. The van der Waals surface area contributed by atoms with Crippen molar-refractivity contribution in [3.05, 3.63) is 45.6 Å². The standard InChI is InChI=1S/C18H22ClN3O3S2/c1-21(12-15-6-9-17(19)26-15)13-18(23)20-14-4-7-16(8-5-14)27(24,25)22-10-2-3-11-22/h4-9H,2-3,10-13H2,1H3,(H,20,23). The minimum absolute atomic E-state index is 0.157. The first kappa shape index (κ1) is 20.3. The monoisotopic (exact) mass is 427 g/mol. The van der Waals surface area contributed by atoms with Crippen LogP contribution >= 0.6 is 22.9 Å². The summed E-state index contributed by atoms with van der Waals surface area (Å²) < 4.78 is 27.3. The van der Waals surface area contributed by atoms with Crippen LogP contribution in [0.3, 0.4) is 0 Å². The van der Waals surface area contributed by atoms with Crippen molar-refractivity contribution in [1.29, 1.82) is 0 Å². The Balaban J connectivity index is 1.55. The van der Waals surface area contributed by atoms with E-state index < -0.39 is 10.0 Å². The van der Waals surface area contributed by atoms with Crippen LogP contribution in [0.15, 0.2) is 41.3 Å². The number of benzene rings is 1. The fraction of sp³-hybridized carbons (Fsp3) is 0.389. The molecule has 1 amide bonds. The van der Waals surface area contributed by atoms with E-state index in [-0.39, 0.29) is 17.3 Å². The molecule has 0 unspecified atom stereocenters. The van der Waals surface area contributed by atoms with Gasteiger partial charge in [0.05, 0.1) is 15.8 Å². The highest BCUT2D eigenvalue weighted by Gasteiger charge is 2.26. The third-order valence-electron chi connectivity index (χ3n) is 4.31. The van der Waals surface area contributed by atoms with Crippen LogP contribution in [0.5, 0.6) is 0 Å². The van der Waals surface area contributed by atoms with Gasteiger partial charge in [-0.05, 0) is 56.3 Å². The van der Waals surface area contributed by atoms with E-state index in [0.29, 0.717) is 25.3 Å². The molecular formula is C18H22ClN3O3S2. The molecule has 0 radical (unpaired) electrons. The van der Waals surface area contributed by atoms with E-state index in [4.69, 9.17) is 11.6 Å². The van der Waals surface area contributed by atoms with E-state index in [1.807, 2.05) is 24.1 Å². The molecule has 9 heteroatoms. The van der Waals surface area contributed by atoms with Gasteiger partial charge in [-0.1, -0.05) is 11.6 Å². The minimum Gasteiger partial charge on any atom is -0.325 e. The van der Waals surface area contributed by atoms with E-state index in [0.717, 1.165) is 22.1 Å². The maximum atomic E-state index is 12.5. The second-order valence-electron chi connectivity index (χ2n) is 6.56. The van der Waals surface area contributed by atoms with Crippen LogP contribution < -0.4 is 5.32 Å². The third-order valence-corrected chi connectivity index (χ3v) is 7.44. The van der Waals surface area contributed by atoms with Crippen molar-refractivity contribution >= 4 is 44.6 Å². The molecule has 1 N–H and O–H groups in total. The van der Waals surface area contributed by atoms with Gasteiger partial charge < -0.3 is 5.32 Å². The number of halogens is 1. The van der Waals surface area contributed by atoms with Gasteiger partial charge in [-0.3, -0.25) is 9.69 Å². The molecule has 6 nitrogen and oxygen atoms in total. The fourth-order valence-electron chi connectivity index (χ4n) is 2.99. The quantitative estimate of drug-likeness (QED) is 0.736. The van der Waals surface area contributed by atoms with Gasteiger partial charge in [0.15, 0.2) is 0 Å². The third kappa shape index (κ3) is 5.30. The predicted octanol–water partition coefficient (Wildman–Crippen LogP) is 3.26. The molecule has 2 aromatic rings. The lowest BCUT2D eigenvalue weighted by molar-refractivity contribution is -0.117. The van der Waals surface area contributed by atoms with Gasteiger partial charge in [0.2, 0.25) is 15.9 Å². The molecule has 1 aliphatic heterocycles. The van der Waals surface area contributed by atoms with Crippen molar-refractivity contribution in [2.24, 2.45) is 0 Å². The lowest BCUT2D eigenvalue weighted by atomic mass is 10.3. The molecule has 0 bridgehead atoms. The SMILES string of the molecule is CN(CC(=O)Nc1ccc(S(=O)(=O)N2CCCC2)cc1)Cc1ccc(Cl)s1. The number of carbonyl (C=O) groups excluding carboxylic acids is 1. The summed E-state index contributed by atoms with van der Waals surface area (Å²) in [6, 6.07) is 10.1. The van der Waals surface area contributed by atoms with E-state index in [1.54, 1.807) is 24.3 Å². The summed E-state index contributed by atoms with van der Waals surface area (Å²) in [6.07, 6.45) is 1.80. The zero-order valence-corrected chi connectivity index (χ0v) is 17.4. The Labute approximate surface area is 168 Å². The maximum absolute atomic E-state index is 12.5. The lowest BCUT2D eigenvalue weighted by Crippen LogP contribution is -2.29. The first-order chi connectivity index (χ1) is 12.8. The molecule has 3 rings (SSSR count). The maximum Gasteiger partial charge on any atom is 0.243 e. The Hall–Kier alpha value is -1.45. The topological polar surface area (TPSA) is 69.7 Å². The fourth-order valence-corrected chi connectivity index (χ4v) is 5.68. The van der Waals surface area contributed by atoms with E-state index in [9.17, 15) is 13.2 Å². The van der Waals surface area contributed by atoms with Crippen molar-refractivity contribution in [3.8, 4) is 0 Å². The number of hydrogen-bond donors (Lipinski definition) is 1. The van der Waals surface area contributed by atoms with Crippen LogP contribution in [0.4, 0.5) is 5.69 Å².